The van der Waals surface area contributed by atoms with E-state index in [9.17, 15) is 14.4 Å². The molecule has 3 N–H and O–H groups in total. The number of rotatable bonds is 6. The highest BCUT2D eigenvalue weighted by atomic mass is 35.5. The third kappa shape index (κ3) is 5.10. The Kier molecular flexibility index (Phi) is 7.18. The fraction of sp³-hybridized carbons (Fsp3) is 0.286. The van der Waals surface area contributed by atoms with Crippen LogP contribution in [0.15, 0.2) is 42.5 Å². The molecule has 2 aromatic rings. The van der Waals surface area contributed by atoms with Crippen LogP contribution in [0, 0.1) is 12.8 Å². The van der Waals surface area contributed by atoms with Gasteiger partial charge in [-0.2, -0.15) is 0 Å². The summed E-state index contributed by atoms with van der Waals surface area (Å²) in [7, 11) is 1.50. The maximum absolute atomic E-state index is 12.8. The van der Waals surface area contributed by atoms with E-state index >= 15 is 0 Å². The third-order valence-electron chi connectivity index (χ3n) is 4.33. The number of carbonyl (C=O) groups is 3. The molecular formula is C21H24ClN3O3. The molecule has 0 aromatic heterocycles. The van der Waals surface area contributed by atoms with Crippen molar-refractivity contribution >= 4 is 35.0 Å². The smallest absolute Gasteiger partial charge is 0.252 e. The third-order valence-corrected chi connectivity index (χ3v) is 4.66. The molecule has 0 aliphatic heterocycles. The summed E-state index contributed by atoms with van der Waals surface area (Å²) < 4.78 is 0. The van der Waals surface area contributed by atoms with Crippen LogP contribution in [0.3, 0.4) is 0 Å². The lowest BCUT2D eigenvalue weighted by atomic mass is 10.0. The van der Waals surface area contributed by atoms with Crippen LogP contribution < -0.4 is 16.0 Å². The molecule has 6 nitrogen and oxygen atoms in total. The molecule has 3 amide bonds. The Bertz CT molecular complexity index is 896. The van der Waals surface area contributed by atoms with Gasteiger partial charge in [-0.15, -0.1) is 0 Å². The Balaban J connectivity index is 2.19. The highest BCUT2D eigenvalue weighted by molar-refractivity contribution is 6.34. The van der Waals surface area contributed by atoms with Gasteiger partial charge in [0.05, 0.1) is 10.6 Å². The Morgan fingerprint density at radius 1 is 0.964 bits per heavy atom. The predicted molar refractivity (Wildman–Crippen MR) is 111 cm³/mol. The summed E-state index contributed by atoms with van der Waals surface area (Å²) in [6.45, 7) is 5.54. The van der Waals surface area contributed by atoms with E-state index in [2.05, 4.69) is 16.0 Å². The van der Waals surface area contributed by atoms with Crippen LogP contribution in [0.5, 0.6) is 0 Å². The standard InChI is InChI=1S/C21H24ClN3O3/c1-12(2)18(25-20(27)15-8-6-5-7-13(15)3)21(28)24-14-9-10-17(22)16(11-14)19(26)23-4/h5-12,18H,1-4H3,(H,23,26)(H,24,28)(H,25,27)/t18-/m1/s1. The Morgan fingerprint density at radius 3 is 2.25 bits per heavy atom. The van der Waals surface area contributed by atoms with Crippen LogP contribution in [-0.4, -0.2) is 30.8 Å². The molecule has 0 saturated heterocycles. The van der Waals surface area contributed by atoms with Crippen LogP contribution >= 0.6 is 11.6 Å². The Morgan fingerprint density at radius 2 is 1.64 bits per heavy atom. The molecule has 1 atom stereocenters. The van der Waals surface area contributed by atoms with Crippen LogP contribution in [0.2, 0.25) is 5.02 Å². The van der Waals surface area contributed by atoms with E-state index in [1.807, 2.05) is 32.9 Å². The summed E-state index contributed by atoms with van der Waals surface area (Å²) in [4.78, 5) is 37.3. The highest BCUT2D eigenvalue weighted by Gasteiger charge is 2.25. The lowest BCUT2D eigenvalue weighted by molar-refractivity contribution is -0.118. The molecule has 0 heterocycles. The molecule has 0 spiro atoms. The number of aryl methyl sites for hydroxylation is 1. The number of hydrogen-bond donors (Lipinski definition) is 3. The summed E-state index contributed by atoms with van der Waals surface area (Å²) in [5.74, 6) is -1.18. The molecule has 28 heavy (non-hydrogen) atoms. The van der Waals surface area contributed by atoms with E-state index in [4.69, 9.17) is 11.6 Å². The molecule has 2 aromatic carbocycles. The monoisotopic (exact) mass is 401 g/mol. The van der Waals surface area contributed by atoms with Gasteiger partial charge in [-0.25, -0.2) is 0 Å². The van der Waals surface area contributed by atoms with Crippen molar-refractivity contribution < 1.29 is 14.4 Å². The van der Waals surface area contributed by atoms with Crippen molar-refractivity contribution in [2.45, 2.75) is 26.8 Å². The highest BCUT2D eigenvalue weighted by Crippen LogP contribution is 2.21. The molecule has 7 heteroatoms. The largest absolute Gasteiger partial charge is 0.355 e. The second-order valence-electron chi connectivity index (χ2n) is 6.77. The van der Waals surface area contributed by atoms with E-state index in [-0.39, 0.29) is 34.2 Å². The minimum absolute atomic E-state index is 0.140. The lowest BCUT2D eigenvalue weighted by Crippen LogP contribution is -2.47. The number of amides is 3. The van der Waals surface area contributed by atoms with Gasteiger partial charge in [-0.05, 0) is 42.7 Å². The normalized spacial score (nSPS) is 11.6. The number of carbonyl (C=O) groups excluding carboxylic acids is 3. The minimum atomic E-state index is -0.744. The van der Waals surface area contributed by atoms with Gasteiger partial charge in [-0.3, -0.25) is 14.4 Å². The van der Waals surface area contributed by atoms with E-state index in [0.29, 0.717) is 11.3 Å². The first kappa shape index (κ1) is 21.4. The number of anilines is 1. The number of benzene rings is 2. The summed E-state index contributed by atoms with van der Waals surface area (Å²) in [6, 6.07) is 11.1. The average Bonchev–Trinajstić information content (AvgIpc) is 2.66. The molecule has 0 unspecified atom stereocenters. The van der Waals surface area contributed by atoms with Crippen molar-refractivity contribution in [2.75, 3.05) is 12.4 Å². The van der Waals surface area contributed by atoms with Crippen molar-refractivity contribution in [2.24, 2.45) is 5.92 Å². The topological polar surface area (TPSA) is 87.3 Å². The van der Waals surface area contributed by atoms with E-state index in [1.54, 1.807) is 18.2 Å². The van der Waals surface area contributed by atoms with Crippen molar-refractivity contribution in [3.63, 3.8) is 0 Å². The maximum Gasteiger partial charge on any atom is 0.252 e. The molecule has 0 aliphatic rings. The molecule has 148 valence electrons. The molecule has 0 bridgehead atoms. The van der Waals surface area contributed by atoms with Crippen molar-refractivity contribution in [3.05, 3.63) is 64.2 Å². The van der Waals surface area contributed by atoms with E-state index < -0.39 is 6.04 Å². The van der Waals surface area contributed by atoms with Gasteiger partial charge >= 0.3 is 0 Å². The first-order valence-corrected chi connectivity index (χ1v) is 9.31. The number of nitrogens with one attached hydrogen (secondary N) is 3. The average molecular weight is 402 g/mol. The number of hydrogen-bond acceptors (Lipinski definition) is 3. The zero-order chi connectivity index (χ0) is 20.8. The zero-order valence-electron chi connectivity index (χ0n) is 16.3. The van der Waals surface area contributed by atoms with Crippen LogP contribution in [0.25, 0.3) is 0 Å². The molecule has 2 rings (SSSR count). The van der Waals surface area contributed by atoms with Crippen molar-refractivity contribution in [3.8, 4) is 0 Å². The molecule has 0 aliphatic carbocycles. The quantitative estimate of drug-likeness (QED) is 0.693. The van der Waals surface area contributed by atoms with Crippen molar-refractivity contribution in [1.82, 2.24) is 10.6 Å². The van der Waals surface area contributed by atoms with Gasteiger partial charge in [0.15, 0.2) is 0 Å². The SMILES string of the molecule is CNC(=O)c1cc(NC(=O)[C@H](NC(=O)c2ccccc2C)C(C)C)ccc1Cl. The predicted octanol–water partition coefficient (Wildman–Crippen LogP) is 3.40. The fourth-order valence-corrected chi connectivity index (χ4v) is 2.92. The minimum Gasteiger partial charge on any atom is -0.355 e. The second kappa shape index (κ2) is 9.37. The molecule has 0 fully saturated rings. The Hall–Kier alpha value is -2.86. The lowest BCUT2D eigenvalue weighted by Gasteiger charge is -2.22. The first-order chi connectivity index (χ1) is 13.2. The molecular weight excluding hydrogens is 378 g/mol. The van der Waals surface area contributed by atoms with Crippen molar-refractivity contribution in [1.29, 1.82) is 0 Å². The van der Waals surface area contributed by atoms with Gasteiger partial charge in [-0.1, -0.05) is 43.6 Å². The van der Waals surface area contributed by atoms with E-state index in [1.165, 1.54) is 19.2 Å². The van der Waals surface area contributed by atoms with Crippen LogP contribution in [0.1, 0.15) is 40.1 Å². The van der Waals surface area contributed by atoms with Crippen LogP contribution in [0.4, 0.5) is 5.69 Å². The second-order valence-corrected chi connectivity index (χ2v) is 7.18. The summed E-state index contributed by atoms with van der Waals surface area (Å²) in [6.07, 6.45) is 0. The van der Waals surface area contributed by atoms with Gasteiger partial charge in [0.1, 0.15) is 6.04 Å². The van der Waals surface area contributed by atoms with Gasteiger partial charge < -0.3 is 16.0 Å². The maximum atomic E-state index is 12.8. The van der Waals surface area contributed by atoms with Crippen LogP contribution in [-0.2, 0) is 4.79 Å². The van der Waals surface area contributed by atoms with Gasteiger partial charge in [0.2, 0.25) is 5.91 Å². The van der Waals surface area contributed by atoms with Gasteiger partial charge in [0, 0.05) is 18.3 Å². The summed E-state index contributed by atoms with van der Waals surface area (Å²) in [5.41, 5.74) is 2.03. The molecule has 0 saturated carbocycles. The summed E-state index contributed by atoms with van der Waals surface area (Å²) >= 11 is 6.04. The number of halogens is 1. The van der Waals surface area contributed by atoms with Gasteiger partial charge in [0.25, 0.3) is 11.8 Å². The zero-order valence-corrected chi connectivity index (χ0v) is 17.1. The summed E-state index contributed by atoms with van der Waals surface area (Å²) in [5, 5.41) is 8.33. The fourth-order valence-electron chi connectivity index (χ4n) is 2.71. The Labute approximate surface area is 169 Å². The first-order valence-electron chi connectivity index (χ1n) is 8.93. The van der Waals surface area contributed by atoms with E-state index in [0.717, 1.165) is 5.56 Å². The molecule has 0 radical (unpaired) electrons.